The molecule has 0 aliphatic heterocycles. The lowest BCUT2D eigenvalue weighted by atomic mass is 10.2. The van der Waals surface area contributed by atoms with Crippen LogP contribution in [0.4, 0.5) is 5.82 Å². The van der Waals surface area contributed by atoms with E-state index in [2.05, 4.69) is 14.7 Å². The standard InChI is InChI=1S/C14H15N3O4/c1-19-10-5-4-8(6-11(10)20-2)13-16-7-9(12(15)17-13)14(18)21-3/h4-7H,1-3H3,(H2,15,16,17). The molecule has 21 heavy (non-hydrogen) atoms. The molecular weight excluding hydrogens is 274 g/mol. The van der Waals surface area contributed by atoms with E-state index < -0.39 is 5.97 Å². The minimum atomic E-state index is -0.577. The SMILES string of the molecule is COC(=O)c1cnc(-c2ccc(OC)c(OC)c2)nc1N. The van der Waals surface area contributed by atoms with Gasteiger partial charge in [0.05, 0.1) is 21.3 Å². The molecule has 1 aromatic heterocycles. The van der Waals surface area contributed by atoms with Gasteiger partial charge in [0.15, 0.2) is 17.3 Å². The first-order valence-corrected chi connectivity index (χ1v) is 6.04. The Labute approximate surface area is 121 Å². The average Bonchev–Trinajstić information content (AvgIpc) is 2.53. The molecule has 0 unspecified atom stereocenters. The maximum Gasteiger partial charge on any atom is 0.343 e. The normalized spacial score (nSPS) is 10.0. The molecule has 1 aromatic carbocycles. The largest absolute Gasteiger partial charge is 0.493 e. The fraction of sp³-hybridized carbons (Fsp3) is 0.214. The first-order valence-electron chi connectivity index (χ1n) is 6.04. The Bertz CT molecular complexity index is 673. The van der Waals surface area contributed by atoms with Crippen molar-refractivity contribution in [1.29, 1.82) is 0 Å². The number of ether oxygens (including phenoxy) is 3. The number of methoxy groups -OCH3 is 3. The van der Waals surface area contributed by atoms with Gasteiger partial charge in [-0.2, -0.15) is 0 Å². The number of benzene rings is 1. The second-order valence-electron chi connectivity index (χ2n) is 4.05. The maximum absolute atomic E-state index is 11.4. The lowest BCUT2D eigenvalue weighted by molar-refractivity contribution is 0.0601. The Hall–Kier alpha value is -2.83. The highest BCUT2D eigenvalue weighted by atomic mass is 16.5. The van der Waals surface area contributed by atoms with Gasteiger partial charge >= 0.3 is 5.97 Å². The summed E-state index contributed by atoms with van der Waals surface area (Å²) >= 11 is 0. The van der Waals surface area contributed by atoms with Crippen LogP contribution in [0.15, 0.2) is 24.4 Å². The molecule has 0 bridgehead atoms. The van der Waals surface area contributed by atoms with Crippen molar-refractivity contribution in [3.05, 3.63) is 30.0 Å². The van der Waals surface area contributed by atoms with Gasteiger partial charge < -0.3 is 19.9 Å². The number of aromatic nitrogens is 2. The lowest BCUT2D eigenvalue weighted by Crippen LogP contribution is -2.09. The number of nitrogens with two attached hydrogens (primary N) is 1. The van der Waals surface area contributed by atoms with Gasteiger partial charge in [-0.1, -0.05) is 0 Å². The van der Waals surface area contributed by atoms with Crippen LogP contribution in [0.3, 0.4) is 0 Å². The molecular formula is C14H15N3O4. The number of nitrogen functional groups attached to an aromatic ring is 1. The fourth-order valence-corrected chi connectivity index (χ4v) is 1.78. The zero-order valence-electron chi connectivity index (χ0n) is 11.9. The van der Waals surface area contributed by atoms with Gasteiger partial charge in [0.2, 0.25) is 0 Å². The molecule has 7 heteroatoms. The predicted molar refractivity (Wildman–Crippen MR) is 76.3 cm³/mol. The van der Waals surface area contributed by atoms with Crippen molar-refractivity contribution in [2.45, 2.75) is 0 Å². The highest BCUT2D eigenvalue weighted by Crippen LogP contribution is 2.31. The van der Waals surface area contributed by atoms with Gasteiger partial charge in [0.1, 0.15) is 11.4 Å². The van der Waals surface area contributed by atoms with Gasteiger partial charge in [-0.15, -0.1) is 0 Å². The molecule has 2 rings (SSSR count). The molecule has 0 atom stereocenters. The highest BCUT2D eigenvalue weighted by molar-refractivity contribution is 5.93. The van der Waals surface area contributed by atoms with E-state index in [4.69, 9.17) is 15.2 Å². The molecule has 0 radical (unpaired) electrons. The van der Waals surface area contributed by atoms with Crippen LogP contribution < -0.4 is 15.2 Å². The Morgan fingerprint density at radius 1 is 1.14 bits per heavy atom. The fourth-order valence-electron chi connectivity index (χ4n) is 1.78. The molecule has 1 heterocycles. The summed E-state index contributed by atoms with van der Waals surface area (Å²) in [5.41, 5.74) is 6.57. The molecule has 0 fully saturated rings. The van der Waals surface area contributed by atoms with Crippen molar-refractivity contribution in [3.63, 3.8) is 0 Å². The highest BCUT2D eigenvalue weighted by Gasteiger charge is 2.14. The number of anilines is 1. The van der Waals surface area contributed by atoms with Crippen molar-refractivity contribution in [2.75, 3.05) is 27.1 Å². The molecule has 0 amide bonds. The molecule has 7 nitrogen and oxygen atoms in total. The van der Waals surface area contributed by atoms with Crippen molar-refractivity contribution < 1.29 is 19.0 Å². The zero-order chi connectivity index (χ0) is 15.4. The van der Waals surface area contributed by atoms with Crippen molar-refractivity contribution in [1.82, 2.24) is 9.97 Å². The van der Waals surface area contributed by atoms with Crippen LogP contribution in [-0.2, 0) is 4.74 Å². The van der Waals surface area contributed by atoms with Crippen LogP contribution in [0.5, 0.6) is 11.5 Å². The summed E-state index contributed by atoms with van der Waals surface area (Å²) in [6.07, 6.45) is 1.33. The monoisotopic (exact) mass is 289 g/mol. The number of carbonyl (C=O) groups is 1. The molecule has 2 N–H and O–H groups in total. The molecule has 0 aliphatic rings. The van der Waals surface area contributed by atoms with E-state index in [9.17, 15) is 4.79 Å². The first kappa shape index (κ1) is 14.6. The molecule has 110 valence electrons. The van der Waals surface area contributed by atoms with E-state index in [0.717, 1.165) is 0 Å². The van der Waals surface area contributed by atoms with E-state index in [0.29, 0.717) is 22.9 Å². The second-order valence-corrected chi connectivity index (χ2v) is 4.05. The van der Waals surface area contributed by atoms with E-state index in [-0.39, 0.29) is 11.4 Å². The number of hydrogen-bond acceptors (Lipinski definition) is 7. The van der Waals surface area contributed by atoms with Crippen molar-refractivity contribution in [2.24, 2.45) is 0 Å². The van der Waals surface area contributed by atoms with Gasteiger partial charge in [-0.25, -0.2) is 14.8 Å². The van der Waals surface area contributed by atoms with Gasteiger partial charge in [0.25, 0.3) is 0 Å². The number of hydrogen-bond donors (Lipinski definition) is 1. The molecule has 0 spiro atoms. The number of esters is 1. The molecule has 0 saturated carbocycles. The topological polar surface area (TPSA) is 96.6 Å². The zero-order valence-corrected chi connectivity index (χ0v) is 11.9. The Morgan fingerprint density at radius 3 is 2.43 bits per heavy atom. The lowest BCUT2D eigenvalue weighted by Gasteiger charge is -2.09. The quantitative estimate of drug-likeness (QED) is 0.852. The third-order valence-corrected chi connectivity index (χ3v) is 2.87. The van der Waals surface area contributed by atoms with E-state index >= 15 is 0 Å². The summed E-state index contributed by atoms with van der Waals surface area (Å²) in [4.78, 5) is 19.7. The summed E-state index contributed by atoms with van der Waals surface area (Å²) in [6.45, 7) is 0. The second kappa shape index (κ2) is 6.08. The van der Waals surface area contributed by atoms with Crippen molar-refractivity contribution in [3.8, 4) is 22.9 Å². The summed E-state index contributed by atoms with van der Waals surface area (Å²) < 4.78 is 15.0. The van der Waals surface area contributed by atoms with Crippen LogP contribution in [-0.4, -0.2) is 37.3 Å². The summed E-state index contributed by atoms with van der Waals surface area (Å²) in [5.74, 6) is 1.00. The summed E-state index contributed by atoms with van der Waals surface area (Å²) in [6, 6.07) is 5.24. The van der Waals surface area contributed by atoms with Gasteiger partial charge in [0, 0.05) is 11.8 Å². The first-order chi connectivity index (χ1) is 10.1. The maximum atomic E-state index is 11.4. The van der Waals surface area contributed by atoms with E-state index in [1.165, 1.54) is 20.4 Å². The molecule has 0 saturated heterocycles. The third-order valence-electron chi connectivity index (χ3n) is 2.87. The Kier molecular flexibility index (Phi) is 4.22. The predicted octanol–water partition coefficient (Wildman–Crippen LogP) is 1.53. The van der Waals surface area contributed by atoms with Gasteiger partial charge in [-0.3, -0.25) is 0 Å². The van der Waals surface area contributed by atoms with Crippen molar-refractivity contribution >= 4 is 11.8 Å². The van der Waals surface area contributed by atoms with Crippen LogP contribution in [0, 0.1) is 0 Å². The minimum Gasteiger partial charge on any atom is -0.493 e. The van der Waals surface area contributed by atoms with Gasteiger partial charge in [-0.05, 0) is 18.2 Å². The number of nitrogens with zero attached hydrogens (tertiary/aromatic N) is 2. The summed E-state index contributed by atoms with van der Waals surface area (Å²) in [5, 5.41) is 0. The minimum absolute atomic E-state index is 0.0571. The molecule has 2 aromatic rings. The van der Waals surface area contributed by atoms with Crippen LogP contribution >= 0.6 is 0 Å². The van der Waals surface area contributed by atoms with Crippen LogP contribution in [0.1, 0.15) is 10.4 Å². The third kappa shape index (κ3) is 2.86. The summed E-state index contributed by atoms with van der Waals surface area (Å²) in [7, 11) is 4.36. The smallest absolute Gasteiger partial charge is 0.343 e. The van der Waals surface area contributed by atoms with E-state index in [1.54, 1.807) is 25.3 Å². The van der Waals surface area contributed by atoms with Crippen LogP contribution in [0.25, 0.3) is 11.4 Å². The Morgan fingerprint density at radius 2 is 1.86 bits per heavy atom. The average molecular weight is 289 g/mol. The van der Waals surface area contributed by atoms with E-state index in [1.807, 2.05) is 0 Å². The number of rotatable bonds is 4. The molecule has 0 aliphatic carbocycles. The van der Waals surface area contributed by atoms with Crippen LogP contribution in [0.2, 0.25) is 0 Å². The number of carbonyl (C=O) groups excluding carboxylic acids is 1. The Balaban J connectivity index is 2.43.